The molecule has 0 aromatic heterocycles. The molecule has 0 aliphatic rings. The van der Waals surface area contributed by atoms with Crippen LogP contribution in [0.2, 0.25) is 0 Å². The van der Waals surface area contributed by atoms with E-state index in [2.05, 4.69) is 30.2 Å². The third-order valence-corrected chi connectivity index (χ3v) is 0.236. The molecule has 0 aliphatic heterocycles. The molecule has 0 atom stereocenters. The number of hydrogen-bond donors (Lipinski definition) is 3. The van der Waals surface area contributed by atoms with E-state index in [-0.39, 0.29) is 0 Å². The fourth-order valence-electron chi connectivity index (χ4n) is 0.0833. The van der Waals surface area contributed by atoms with Crippen LogP contribution >= 0.6 is 0 Å². The topological polar surface area (TPSA) is 64.1 Å². The van der Waals surface area contributed by atoms with E-state index in [1.165, 1.54) is 0 Å². The van der Waals surface area contributed by atoms with Gasteiger partial charge in [0.1, 0.15) is 0 Å². The van der Waals surface area contributed by atoms with Gasteiger partial charge in [-0.1, -0.05) is 54.7 Å². The summed E-state index contributed by atoms with van der Waals surface area (Å²) in [5, 5.41) is 2.64. The van der Waals surface area contributed by atoms with Gasteiger partial charge in [0.2, 0.25) is 0 Å². The van der Waals surface area contributed by atoms with Crippen molar-refractivity contribution in [3.05, 3.63) is 25.6 Å². The molecule has 0 aromatic carbocycles. The summed E-state index contributed by atoms with van der Waals surface area (Å²) in [5.74, 6) is 8.00. The standard InChI is InChI=1S/C4H7N.3C2H6.H4N2/c1-3-5-4-2;4*1-2/h3-5H,1-2H2;3*1-2H3;1-2H2. The predicted octanol–water partition coefficient (Wildman–Crippen LogP) is 2.76. The molecule has 0 aliphatic carbocycles. The smallest absolute Gasteiger partial charge is 0.00679 e. The van der Waals surface area contributed by atoms with Crippen molar-refractivity contribution in [3.8, 4) is 0 Å². The van der Waals surface area contributed by atoms with Crippen molar-refractivity contribution >= 4 is 0 Å². The van der Waals surface area contributed by atoms with Crippen LogP contribution in [0.5, 0.6) is 0 Å². The van der Waals surface area contributed by atoms with Crippen LogP contribution in [0.25, 0.3) is 0 Å². The van der Waals surface area contributed by atoms with E-state index in [4.69, 9.17) is 0 Å². The molecule has 0 spiro atoms. The second-order valence-corrected chi connectivity index (χ2v) is 0.575. The molecule has 5 N–H and O–H groups in total. The summed E-state index contributed by atoms with van der Waals surface area (Å²) < 4.78 is 0. The second kappa shape index (κ2) is 241. The predicted molar refractivity (Wildman–Crippen MR) is 65.9 cm³/mol. The van der Waals surface area contributed by atoms with Gasteiger partial charge in [-0.25, -0.2) is 0 Å². The van der Waals surface area contributed by atoms with E-state index in [9.17, 15) is 0 Å². The fourth-order valence-corrected chi connectivity index (χ4v) is 0.0833. The maximum absolute atomic E-state index is 4.00. The van der Waals surface area contributed by atoms with E-state index in [0.717, 1.165) is 0 Å². The molecule has 0 radical (unpaired) electrons. The van der Waals surface area contributed by atoms with Crippen LogP contribution in [-0.4, -0.2) is 0 Å². The number of hydrogen-bond acceptors (Lipinski definition) is 3. The number of rotatable bonds is 2. The highest BCUT2D eigenvalue weighted by Gasteiger charge is 1.43. The quantitative estimate of drug-likeness (QED) is 0.464. The number of nitrogens with two attached hydrogens (primary N) is 2. The highest BCUT2D eigenvalue weighted by Crippen LogP contribution is 1.46. The summed E-state index contributed by atoms with van der Waals surface area (Å²) in [6.07, 6.45) is 3.12. The maximum Gasteiger partial charge on any atom is -0.00679 e. The van der Waals surface area contributed by atoms with Crippen LogP contribution in [0.4, 0.5) is 0 Å². The Balaban J connectivity index is -0.0000000230. The summed E-state index contributed by atoms with van der Waals surface area (Å²) in [5.41, 5.74) is 0. The zero-order valence-electron chi connectivity index (χ0n) is 10.2. The summed E-state index contributed by atoms with van der Waals surface area (Å²) >= 11 is 0. The first-order valence-electron chi connectivity index (χ1n) is 4.73. The van der Waals surface area contributed by atoms with E-state index in [0.29, 0.717) is 0 Å². The molecule has 0 rings (SSSR count). The van der Waals surface area contributed by atoms with Gasteiger partial charge in [-0.3, -0.25) is 11.7 Å². The van der Waals surface area contributed by atoms with Gasteiger partial charge in [0, 0.05) is 0 Å². The first-order valence-corrected chi connectivity index (χ1v) is 4.73. The highest BCUT2D eigenvalue weighted by atomic mass is 15.0. The fraction of sp³-hybridized carbons (Fsp3) is 0.600. The van der Waals surface area contributed by atoms with Gasteiger partial charge in [0.25, 0.3) is 0 Å². The minimum absolute atomic E-state index is 1.56. The second-order valence-electron chi connectivity index (χ2n) is 0.575. The minimum Gasteiger partial charge on any atom is -0.369 e. The van der Waals surface area contributed by atoms with Crippen molar-refractivity contribution in [2.45, 2.75) is 41.5 Å². The Kier molecular flexibility index (Phi) is 547. The van der Waals surface area contributed by atoms with Gasteiger partial charge in [-0.05, 0) is 12.4 Å². The maximum atomic E-state index is 4.00. The summed E-state index contributed by atoms with van der Waals surface area (Å²) in [7, 11) is 0. The number of nitrogens with one attached hydrogen (secondary N) is 1. The average Bonchev–Trinajstić information content (AvgIpc) is 2.30. The molecule has 0 saturated carbocycles. The lowest BCUT2D eigenvalue weighted by molar-refractivity contribution is 1.21. The molecule has 84 valence electrons. The lowest BCUT2D eigenvalue weighted by atomic mass is 10.9. The third-order valence-electron chi connectivity index (χ3n) is 0.236. The number of hydrazine groups is 1. The zero-order valence-corrected chi connectivity index (χ0v) is 10.2. The van der Waals surface area contributed by atoms with Crippen molar-refractivity contribution in [2.75, 3.05) is 0 Å². The molecule has 0 bridgehead atoms. The van der Waals surface area contributed by atoms with Crippen molar-refractivity contribution in [2.24, 2.45) is 11.7 Å². The lowest BCUT2D eigenvalue weighted by Crippen LogP contribution is -2.02. The molecular weight excluding hydrogens is 162 g/mol. The van der Waals surface area contributed by atoms with Gasteiger partial charge >= 0.3 is 0 Å². The molecule has 0 aromatic rings. The average molecular weight is 191 g/mol. The van der Waals surface area contributed by atoms with E-state index in [1.54, 1.807) is 12.4 Å². The largest absolute Gasteiger partial charge is 0.369 e. The Morgan fingerprint density at radius 2 is 0.923 bits per heavy atom. The van der Waals surface area contributed by atoms with Gasteiger partial charge in [-0.15, -0.1) is 0 Å². The SMILES string of the molecule is C=CNC=C.CC.CC.CC.NN. The lowest BCUT2D eigenvalue weighted by Gasteiger charge is -1.75. The van der Waals surface area contributed by atoms with Gasteiger partial charge in [0.15, 0.2) is 0 Å². The Bertz CT molecular complexity index is 39.4. The Labute approximate surface area is 84.9 Å². The van der Waals surface area contributed by atoms with E-state index >= 15 is 0 Å². The van der Waals surface area contributed by atoms with Crippen LogP contribution < -0.4 is 17.0 Å². The highest BCUT2D eigenvalue weighted by molar-refractivity contribution is 4.72. The molecule has 0 heterocycles. The van der Waals surface area contributed by atoms with Gasteiger partial charge < -0.3 is 5.32 Å². The normalized spacial score (nSPS) is 4.00. The first kappa shape index (κ1) is 29.5. The van der Waals surface area contributed by atoms with Crippen LogP contribution in [0.15, 0.2) is 25.6 Å². The van der Waals surface area contributed by atoms with E-state index < -0.39 is 0 Å². The molecule has 3 heteroatoms. The zero-order chi connectivity index (χ0) is 12.1. The molecule has 13 heavy (non-hydrogen) atoms. The van der Waals surface area contributed by atoms with Crippen LogP contribution in [0.3, 0.4) is 0 Å². The summed E-state index contributed by atoms with van der Waals surface area (Å²) in [6, 6.07) is 0. The third kappa shape index (κ3) is 658. The molecular formula is C10H29N3. The molecule has 3 nitrogen and oxygen atoms in total. The van der Waals surface area contributed by atoms with Crippen LogP contribution in [-0.2, 0) is 0 Å². The molecule has 0 saturated heterocycles. The molecule has 0 fully saturated rings. The van der Waals surface area contributed by atoms with Crippen molar-refractivity contribution in [1.29, 1.82) is 0 Å². The summed E-state index contributed by atoms with van der Waals surface area (Å²) in [6.45, 7) is 18.7. The van der Waals surface area contributed by atoms with Gasteiger partial charge in [0.05, 0.1) is 0 Å². The molecule has 0 amide bonds. The van der Waals surface area contributed by atoms with Crippen molar-refractivity contribution in [1.82, 2.24) is 5.32 Å². The van der Waals surface area contributed by atoms with Crippen LogP contribution in [0.1, 0.15) is 41.5 Å². The van der Waals surface area contributed by atoms with Crippen LogP contribution in [0, 0.1) is 0 Å². The van der Waals surface area contributed by atoms with Crippen molar-refractivity contribution in [3.63, 3.8) is 0 Å². The Morgan fingerprint density at radius 3 is 0.923 bits per heavy atom. The Morgan fingerprint density at radius 1 is 0.769 bits per heavy atom. The Hall–Kier alpha value is -0.800. The monoisotopic (exact) mass is 191 g/mol. The van der Waals surface area contributed by atoms with Crippen molar-refractivity contribution < 1.29 is 0 Å². The van der Waals surface area contributed by atoms with Gasteiger partial charge in [-0.2, -0.15) is 0 Å². The van der Waals surface area contributed by atoms with E-state index in [1.807, 2.05) is 41.5 Å². The summed E-state index contributed by atoms with van der Waals surface area (Å²) in [4.78, 5) is 0. The molecule has 0 unspecified atom stereocenters. The minimum atomic E-state index is 1.56. The first-order chi connectivity index (χ1) is 6.41.